The van der Waals surface area contributed by atoms with Crippen LogP contribution in [0.15, 0.2) is 109 Å². The van der Waals surface area contributed by atoms with Crippen molar-refractivity contribution in [1.29, 1.82) is 0 Å². The third-order valence-electron chi connectivity index (χ3n) is 6.12. The number of nitrogens with one attached hydrogen (secondary N) is 1. The van der Waals surface area contributed by atoms with E-state index in [1.54, 1.807) is 37.3 Å². The summed E-state index contributed by atoms with van der Waals surface area (Å²) in [5, 5.41) is 4.15. The minimum atomic E-state index is -0.332. The van der Waals surface area contributed by atoms with Crippen molar-refractivity contribution in [3.8, 4) is 11.1 Å². The Morgan fingerprint density at radius 2 is 1.30 bits per heavy atom. The van der Waals surface area contributed by atoms with Gasteiger partial charge in [0.15, 0.2) is 5.78 Å². The number of halogens is 1. The van der Waals surface area contributed by atoms with Crippen molar-refractivity contribution in [3.05, 3.63) is 131 Å². The average Bonchev–Trinajstić information content (AvgIpc) is 3.04. The van der Waals surface area contributed by atoms with Gasteiger partial charge in [-0.3, -0.25) is 14.4 Å². The van der Waals surface area contributed by atoms with E-state index in [0.29, 0.717) is 10.6 Å². The maximum absolute atomic E-state index is 12.6. The Morgan fingerprint density at radius 3 is 1.77 bits per heavy atom. The number of benzene rings is 4. The third kappa shape index (κ3) is 13.2. The lowest BCUT2D eigenvalue weighted by atomic mass is 9.98. The summed E-state index contributed by atoms with van der Waals surface area (Å²) in [4.78, 5) is 35.5. The van der Waals surface area contributed by atoms with Crippen molar-refractivity contribution in [1.82, 2.24) is 5.32 Å². The van der Waals surface area contributed by atoms with Gasteiger partial charge >= 0.3 is 0 Å². The van der Waals surface area contributed by atoms with Crippen LogP contribution in [0.2, 0.25) is 5.02 Å². The number of carbonyl (C=O) groups is 3. The topological polar surface area (TPSA) is 63.2 Å². The van der Waals surface area contributed by atoms with Gasteiger partial charge in [-0.1, -0.05) is 132 Å². The Hall–Kier alpha value is -3.85. The van der Waals surface area contributed by atoms with Crippen LogP contribution in [0.4, 0.5) is 0 Å². The summed E-state index contributed by atoms with van der Waals surface area (Å²) in [6, 6.07) is 32.4. The largest absolute Gasteiger partial charge is 0.319 e. The lowest BCUT2D eigenvalue weighted by Gasteiger charge is -2.09. The zero-order valence-electron chi connectivity index (χ0n) is 26.9. The lowest BCUT2D eigenvalue weighted by Crippen LogP contribution is -2.26. The zero-order valence-corrected chi connectivity index (χ0v) is 28.8. The zero-order chi connectivity index (χ0) is 33.1. The molecule has 4 aromatic rings. The number of allylic oxidation sites excluding steroid dienone is 1. The molecule has 1 amide bonds. The molecule has 0 saturated carbocycles. The van der Waals surface area contributed by atoms with Crippen molar-refractivity contribution in [2.75, 3.05) is 0 Å². The number of hydrogen-bond donors (Lipinski definition) is 1. The van der Waals surface area contributed by atoms with Crippen LogP contribution in [0.3, 0.4) is 0 Å². The van der Waals surface area contributed by atoms with Gasteiger partial charge in [0.2, 0.25) is 0 Å². The average molecular weight is 630 g/mol. The van der Waals surface area contributed by atoms with Gasteiger partial charge in [-0.25, -0.2) is 0 Å². The van der Waals surface area contributed by atoms with Gasteiger partial charge in [0, 0.05) is 23.4 Å². The van der Waals surface area contributed by atoms with Crippen molar-refractivity contribution in [2.45, 2.75) is 60.8 Å². The van der Waals surface area contributed by atoms with E-state index >= 15 is 0 Å². The highest BCUT2D eigenvalue weighted by molar-refractivity contribution is 7.28. The van der Waals surface area contributed by atoms with E-state index in [4.69, 9.17) is 11.6 Å². The Labute approximate surface area is 271 Å². The van der Waals surface area contributed by atoms with Crippen molar-refractivity contribution < 1.29 is 14.4 Å². The summed E-state index contributed by atoms with van der Waals surface area (Å²) < 4.78 is 0. The third-order valence-corrected chi connectivity index (χ3v) is 7.13. The number of carbonyl (C=O) groups excluding carboxylic acids is 3. The fourth-order valence-corrected chi connectivity index (χ4v) is 4.07. The molecule has 44 heavy (non-hydrogen) atoms. The summed E-state index contributed by atoms with van der Waals surface area (Å²) >= 11 is 6.02. The van der Waals surface area contributed by atoms with E-state index in [1.807, 2.05) is 99.6 Å². The molecule has 0 aliphatic heterocycles. The molecule has 232 valence electrons. The van der Waals surface area contributed by atoms with Crippen LogP contribution in [0.25, 0.3) is 17.2 Å². The van der Waals surface area contributed by atoms with Crippen LogP contribution < -0.4 is 10.6 Å². The van der Waals surface area contributed by atoms with Crippen LogP contribution in [0.5, 0.6) is 0 Å². The molecule has 4 rings (SSSR count). The van der Waals surface area contributed by atoms with Gasteiger partial charge in [-0.15, -0.1) is 9.24 Å². The molecule has 0 fully saturated rings. The molecule has 4 nitrogen and oxygen atoms in total. The van der Waals surface area contributed by atoms with Gasteiger partial charge in [0.05, 0.1) is 5.70 Å². The minimum absolute atomic E-state index is 0.0381. The lowest BCUT2D eigenvalue weighted by molar-refractivity contribution is -0.118. The second-order valence-electron chi connectivity index (χ2n) is 9.74. The van der Waals surface area contributed by atoms with E-state index in [-0.39, 0.29) is 29.1 Å². The highest BCUT2D eigenvalue weighted by Crippen LogP contribution is 2.20. The minimum Gasteiger partial charge on any atom is -0.319 e. The first-order valence-corrected chi connectivity index (χ1v) is 15.8. The van der Waals surface area contributed by atoms with Crippen molar-refractivity contribution in [2.24, 2.45) is 0 Å². The molecule has 6 heteroatoms. The molecule has 2 unspecified atom stereocenters. The van der Waals surface area contributed by atoms with E-state index in [9.17, 15) is 14.4 Å². The summed E-state index contributed by atoms with van der Waals surface area (Å²) in [6.45, 7) is 13.2. The molecule has 0 aliphatic rings. The molecular weight excluding hydrogens is 585 g/mol. The normalized spacial score (nSPS) is 10.8. The molecule has 0 aliphatic carbocycles. The predicted octanol–water partition coefficient (Wildman–Crippen LogP) is 9.69. The SMILES string of the molecule is CC.CC(=O)/C(=C\c1ccc(Cl)c(P)c1)NC(=O)c1ccc(-c2ccccc2)cc1.CC(=O)C(C)c1ccccc1.CCC. The van der Waals surface area contributed by atoms with Crippen molar-refractivity contribution >= 4 is 49.7 Å². The Morgan fingerprint density at radius 1 is 0.795 bits per heavy atom. The second kappa shape index (κ2) is 21.0. The molecule has 2 atom stereocenters. The van der Waals surface area contributed by atoms with Crippen LogP contribution in [0, 0.1) is 0 Å². The highest BCUT2D eigenvalue weighted by Gasteiger charge is 2.12. The maximum Gasteiger partial charge on any atom is 0.255 e. The van der Waals surface area contributed by atoms with Crippen LogP contribution in [0.1, 0.15) is 82.3 Å². The molecule has 0 heterocycles. The summed E-state index contributed by atoms with van der Waals surface area (Å²) in [7, 11) is 2.54. The molecule has 0 aromatic heterocycles. The number of hydrogen-bond acceptors (Lipinski definition) is 3. The fraction of sp³-hybridized carbons (Fsp3) is 0.237. The molecule has 0 spiro atoms. The molecule has 0 bridgehead atoms. The van der Waals surface area contributed by atoms with Gasteiger partial charge in [0.1, 0.15) is 5.78 Å². The molecule has 4 aromatic carbocycles. The Bertz CT molecular complexity index is 1480. The quantitative estimate of drug-likeness (QED) is 0.163. The van der Waals surface area contributed by atoms with Crippen LogP contribution in [-0.2, 0) is 9.59 Å². The van der Waals surface area contributed by atoms with E-state index in [1.165, 1.54) is 13.3 Å². The fourth-order valence-electron chi connectivity index (χ4n) is 3.66. The Kier molecular flexibility index (Phi) is 18.2. The highest BCUT2D eigenvalue weighted by atomic mass is 35.5. The first kappa shape index (κ1) is 38.2. The number of amides is 1. The summed E-state index contributed by atoms with van der Waals surface area (Å²) in [5.41, 5.74) is 4.68. The first-order valence-electron chi connectivity index (χ1n) is 14.9. The first-order chi connectivity index (χ1) is 21.1. The summed E-state index contributed by atoms with van der Waals surface area (Å²) in [6.07, 6.45) is 2.89. The van der Waals surface area contributed by atoms with Crippen molar-refractivity contribution in [3.63, 3.8) is 0 Å². The van der Waals surface area contributed by atoms with E-state index in [0.717, 1.165) is 27.6 Å². The van der Waals surface area contributed by atoms with Crippen LogP contribution >= 0.6 is 20.8 Å². The summed E-state index contributed by atoms with van der Waals surface area (Å²) in [5.74, 6) is -0.303. The predicted molar refractivity (Wildman–Crippen MR) is 192 cm³/mol. The van der Waals surface area contributed by atoms with Gasteiger partial charge < -0.3 is 5.32 Å². The monoisotopic (exact) mass is 629 g/mol. The number of ketones is 2. The van der Waals surface area contributed by atoms with Gasteiger partial charge in [-0.2, -0.15) is 0 Å². The van der Waals surface area contributed by atoms with E-state index < -0.39 is 0 Å². The molecule has 0 radical (unpaired) electrons. The molecule has 0 saturated heterocycles. The number of rotatable bonds is 7. The molecule has 1 N–H and O–H groups in total. The van der Waals surface area contributed by atoms with Crippen LogP contribution in [-0.4, -0.2) is 17.5 Å². The van der Waals surface area contributed by atoms with E-state index in [2.05, 4.69) is 28.4 Å². The number of Topliss-reactive ketones (excluding diaryl/α,β-unsaturated/α-hetero) is 2. The van der Waals surface area contributed by atoms with Gasteiger partial charge in [-0.05, 0) is 64.8 Å². The maximum atomic E-state index is 12.6. The standard InChI is InChI=1S/C23H19ClNO2P.C10H12O.C3H8.C2H6/c1-15(26)21(13-16-7-12-20(24)22(28)14-16)25-23(27)19-10-8-18(9-11-19)17-5-3-2-4-6-17;1-8(9(2)11)10-6-4-3-5-7-10;1-3-2;1-2/h2-14H,28H2,1H3,(H,25,27);3-8H,1-2H3;3H2,1-2H3;1-2H3/b21-13+;;;. The smallest absolute Gasteiger partial charge is 0.255 e. The second-order valence-corrected chi connectivity index (χ2v) is 10.8. The molecular formula is C38H45ClNO3P. The Balaban J connectivity index is 0.000000502. The van der Waals surface area contributed by atoms with Gasteiger partial charge in [0.25, 0.3) is 5.91 Å².